The van der Waals surface area contributed by atoms with Gasteiger partial charge in [-0.1, -0.05) is 23.8 Å². The maximum atomic E-state index is 13.6. The number of sulfonamides is 2. The summed E-state index contributed by atoms with van der Waals surface area (Å²) in [6.07, 6.45) is 1.07. The van der Waals surface area contributed by atoms with Crippen molar-refractivity contribution in [2.75, 3.05) is 40.9 Å². The van der Waals surface area contributed by atoms with Gasteiger partial charge in [0.25, 0.3) is 10.0 Å². The Kier molecular flexibility index (Phi) is 8.32. The molecule has 0 saturated carbocycles. The van der Waals surface area contributed by atoms with Crippen molar-refractivity contribution in [3.05, 3.63) is 76.8 Å². The van der Waals surface area contributed by atoms with E-state index in [1.54, 1.807) is 42.5 Å². The number of nitrogens with one attached hydrogen (secondary N) is 1. The highest BCUT2D eigenvalue weighted by molar-refractivity contribution is 9.10. The first-order chi connectivity index (χ1) is 16.8. The molecule has 0 saturated heterocycles. The molecule has 192 valence electrons. The number of anilines is 3. The van der Waals surface area contributed by atoms with Gasteiger partial charge in [0.1, 0.15) is 12.3 Å². The van der Waals surface area contributed by atoms with Crippen molar-refractivity contribution in [1.82, 2.24) is 0 Å². The van der Waals surface area contributed by atoms with E-state index >= 15 is 0 Å². The fourth-order valence-electron chi connectivity index (χ4n) is 3.26. The van der Waals surface area contributed by atoms with Crippen LogP contribution in [0.15, 0.2) is 76.1 Å². The number of methoxy groups -OCH3 is 1. The Morgan fingerprint density at radius 2 is 1.64 bits per heavy atom. The van der Waals surface area contributed by atoms with Crippen LogP contribution in [0.5, 0.6) is 5.75 Å². The molecule has 0 unspecified atom stereocenters. The van der Waals surface area contributed by atoms with Crippen LogP contribution in [0.4, 0.5) is 17.1 Å². The molecular weight excluding hydrogens is 570 g/mol. The smallest absolute Gasteiger partial charge is 0.264 e. The number of hydrogen-bond donors (Lipinski definition) is 1. The molecule has 0 aliphatic rings. The van der Waals surface area contributed by atoms with Crippen molar-refractivity contribution < 1.29 is 26.4 Å². The zero-order valence-corrected chi connectivity index (χ0v) is 23.3. The van der Waals surface area contributed by atoms with E-state index in [4.69, 9.17) is 4.74 Å². The summed E-state index contributed by atoms with van der Waals surface area (Å²) in [4.78, 5) is 13.0. The molecule has 3 aromatic carbocycles. The normalized spacial score (nSPS) is 11.6. The second-order valence-electron chi connectivity index (χ2n) is 7.97. The van der Waals surface area contributed by atoms with Gasteiger partial charge in [-0.15, -0.1) is 0 Å². The summed E-state index contributed by atoms with van der Waals surface area (Å²) in [6, 6.07) is 17.4. The summed E-state index contributed by atoms with van der Waals surface area (Å²) in [6.45, 7) is 1.36. The first-order valence-corrected chi connectivity index (χ1v) is 14.7. The molecule has 0 atom stereocenters. The Labute approximate surface area is 219 Å². The van der Waals surface area contributed by atoms with Crippen molar-refractivity contribution in [2.45, 2.75) is 11.8 Å². The molecule has 0 bridgehead atoms. The Morgan fingerprint density at radius 1 is 0.972 bits per heavy atom. The summed E-state index contributed by atoms with van der Waals surface area (Å²) in [7, 11) is -4.77. The third kappa shape index (κ3) is 6.37. The van der Waals surface area contributed by atoms with E-state index in [1.807, 2.05) is 6.92 Å². The Balaban J connectivity index is 1.94. The molecule has 36 heavy (non-hydrogen) atoms. The maximum Gasteiger partial charge on any atom is 0.264 e. The van der Waals surface area contributed by atoms with E-state index in [2.05, 4.69) is 21.2 Å². The van der Waals surface area contributed by atoms with E-state index in [1.165, 1.54) is 38.4 Å². The van der Waals surface area contributed by atoms with Gasteiger partial charge in [-0.2, -0.15) is 0 Å². The summed E-state index contributed by atoms with van der Waals surface area (Å²) in [5, 5.41) is 2.66. The van der Waals surface area contributed by atoms with Gasteiger partial charge in [-0.25, -0.2) is 16.8 Å². The number of hydrogen-bond acceptors (Lipinski definition) is 6. The van der Waals surface area contributed by atoms with Gasteiger partial charge < -0.3 is 10.1 Å². The highest BCUT2D eigenvalue weighted by Gasteiger charge is 2.28. The van der Waals surface area contributed by atoms with Crippen LogP contribution in [0.1, 0.15) is 5.56 Å². The molecule has 0 radical (unpaired) electrons. The van der Waals surface area contributed by atoms with E-state index in [0.717, 1.165) is 20.4 Å². The molecule has 0 aliphatic carbocycles. The topological polar surface area (TPSA) is 113 Å². The Bertz CT molecular complexity index is 1480. The molecular formula is C24H26BrN3O6S2. The van der Waals surface area contributed by atoms with E-state index in [-0.39, 0.29) is 4.90 Å². The molecule has 0 aromatic heterocycles. The average Bonchev–Trinajstić information content (AvgIpc) is 2.82. The molecule has 0 spiro atoms. The van der Waals surface area contributed by atoms with Crippen LogP contribution in [-0.2, 0) is 24.8 Å². The number of aryl methyl sites for hydroxylation is 1. The number of halogens is 1. The van der Waals surface area contributed by atoms with E-state index < -0.39 is 32.5 Å². The number of carbonyl (C=O) groups excluding carboxylic acids is 1. The monoisotopic (exact) mass is 595 g/mol. The molecule has 3 aromatic rings. The van der Waals surface area contributed by atoms with Gasteiger partial charge in [0, 0.05) is 12.7 Å². The van der Waals surface area contributed by atoms with Crippen LogP contribution in [0.25, 0.3) is 0 Å². The lowest BCUT2D eigenvalue weighted by molar-refractivity contribution is -0.114. The largest absolute Gasteiger partial charge is 0.496 e. The van der Waals surface area contributed by atoms with Gasteiger partial charge in [0.2, 0.25) is 15.9 Å². The average molecular weight is 597 g/mol. The van der Waals surface area contributed by atoms with Crippen LogP contribution in [-0.4, -0.2) is 49.7 Å². The van der Waals surface area contributed by atoms with E-state index in [9.17, 15) is 21.6 Å². The molecule has 0 heterocycles. The number of rotatable bonds is 9. The van der Waals surface area contributed by atoms with E-state index in [0.29, 0.717) is 27.3 Å². The number of ether oxygens (including phenoxy) is 1. The minimum Gasteiger partial charge on any atom is -0.496 e. The van der Waals surface area contributed by atoms with Gasteiger partial charge in [0.15, 0.2) is 0 Å². The second-order valence-corrected chi connectivity index (χ2v) is 12.7. The van der Waals surface area contributed by atoms with Crippen LogP contribution < -0.4 is 18.7 Å². The first-order valence-electron chi connectivity index (χ1n) is 10.6. The lowest BCUT2D eigenvalue weighted by Gasteiger charge is -2.25. The molecule has 9 nitrogen and oxygen atoms in total. The molecule has 0 aliphatic heterocycles. The molecule has 0 fully saturated rings. The van der Waals surface area contributed by atoms with Crippen LogP contribution in [0.2, 0.25) is 0 Å². The summed E-state index contributed by atoms with van der Waals surface area (Å²) >= 11 is 3.31. The lowest BCUT2D eigenvalue weighted by atomic mass is 10.2. The predicted molar refractivity (Wildman–Crippen MR) is 145 cm³/mol. The predicted octanol–water partition coefficient (Wildman–Crippen LogP) is 4.00. The highest BCUT2D eigenvalue weighted by Crippen LogP contribution is 2.31. The van der Waals surface area contributed by atoms with Crippen molar-refractivity contribution in [2.24, 2.45) is 0 Å². The van der Waals surface area contributed by atoms with Crippen molar-refractivity contribution in [3.8, 4) is 5.75 Å². The van der Waals surface area contributed by atoms with Crippen LogP contribution in [0.3, 0.4) is 0 Å². The van der Waals surface area contributed by atoms with Gasteiger partial charge in [-0.3, -0.25) is 13.4 Å². The van der Waals surface area contributed by atoms with Crippen molar-refractivity contribution in [1.29, 1.82) is 0 Å². The maximum absolute atomic E-state index is 13.6. The summed E-state index contributed by atoms with van der Waals surface area (Å²) in [5.74, 6) is -0.140. The zero-order chi connectivity index (χ0) is 26.7. The number of nitrogens with zero attached hydrogens (tertiary/aromatic N) is 2. The quantitative estimate of drug-likeness (QED) is 0.400. The van der Waals surface area contributed by atoms with Gasteiger partial charge in [-0.05, 0) is 71.4 Å². The second kappa shape index (κ2) is 10.9. The molecule has 12 heteroatoms. The summed E-state index contributed by atoms with van der Waals surface area (Å²) in [5.41, 5.74) is 1.91. The number of benzene rings is 3. The van der Waals surface area contributed by atoms with Crippen molar-refractivity contribution >= 4 is 58.9 Å². The standard InChI is InChI=1S/C24H26BrN3O6S2/c1-17-8-10-19(11-9-17)28(36(32,33)21-12-13-23(34-3)22(25)15-21)16-24(29)26-18-6-5-7-20(14-18)27(2)35(4,30)31/h5-15H,16H2,1-4H3,(H,26,29). The highest BCUT2D eigenvalue weighted by atomic mass is 79.9. The SMILES string of the molecule is COc1ccc(S(=O)(=O)N(CC(=O)Nc2cccc(N(C)S(C)(=O)=O)c2)c2ccc(C)cc2)cc1Br. The van der Waals surface area contributed by atoms with Gasteiger partial charge in [0.05, 0.1) is 34.1 Å². The Morgan fingerprint density at radius 3 is 2.22 bits per heavy atom. The minimum absolute atomic E-state index is 0.0275. The zero-order valence-electron chi connectivity index (χ0n) is 20.1. The lowest BCUT2D eigenvalue weighted by Crippen LogP contribution is -2.38. The van der Waals surface area contributed by atoms with Gasteiger partial charge >= 0.3 is 0 Å². The van der Waals surface area contributed by atoms with Crippen LogP contribution >= 0.6 is 15.9 Å². The summed E-state index contributed by atoms with van der Waals surface area (Å²) < 4.78 is 58.7. The Hall–Kier alpha value is -3.09. The fourth-order valence-corrected chi connectivity index (χ4v) is 5.90. The molecule has 1 N–H and O–H groups in total. The third-order valence-electron chi connectivity index (χ3n) is 5.31. The van der Waals surface area contributed by atoms with Crippen molar-refractivity contribution in [3.63, 3.8) is 0 Å². The third-order valence-corrected chi connectivity index (χ3v) is 8.91. The number of amides is 1. The minimum atomic E-state index is -4.14. The molecule has 1 amide bonds. The fraction of sp³-hybridized carbons (Fsp3) is 0.208. The number of carbonyl (C=O) groups is 1. The molecule has 3 rings (SSSR count). The first kappa shape index (κ1) is 27.5. The van der Waals surface area contributed by atoms with Crippen LogP contribution in [0, 0.1) is 6.92 Å².